The van der Waals surface area contributed by atoms with E-state index in [0.717, 1.165) is 16.7 Å². The number of benzene rings is 1. The highest BCUT2D eigenvalue weighted by atomic mass is 16.3. The summed E-state index contributed by atoms with van der Waals surface area (Å²) in [5.74, 6) is 0.535. The van der Waals surface area contributed by atoms with Crippen LogP contribution in [-0.4, -0.2) is 20.6 Å². The summed E-state index contributed by atoms with van der Waals surface area (Å²) in [4.78, 5) is 0. The van der Waals surface area contributed by atoms with Crippen molar-refractivity contribution in [3.8, 4) is 22.5 Å². The van der Waals surface area contributed by atoms with Gasteiger partial charge in [0.25, 0.3) is 0 Å². The number of furan rings is 1. The van der Waals surface area contributed by atoms with Gasteiger partial charge in [-0.2, -0.15) is 5.21 Å². The van der Waals surface area contributed by atoms with Crippen molar-refractivity contribution in [2.75, 3.05) is 0 Å². The monoisotopic (exact) mass is 212 g/mol. The minimum Gasteiger partial charge on any atom is -0.471 e. The Labute approximate surface area is 91.1 Å². The zero-order valence-electron chi connectivity index (χ0n) is 8.29. The van der Waals surface area contributed by atoms with Gasteiger partial charge in [0.2, 0.25) is 5.82 Å². The van der Waals surface area contributed by atoms with Gasteiger partial charge in [0.05, 0.1) is 11.8 Å². The molecule has 0 fully saturated rings. The first-order valence-electron chi connectivity index (χ1n) is 4.80. The molecule has 0 aliphatic carbocycles. The first-order chi connectivity index (χ1) is 7.95. The highest BCUT2D eigenvalue weighted by Gasteiger charge is 2.12. The summed E-state index contributed by atoms with van der Waals surface area (Å²) in [6, 6.07) is 9.94. The lowest BCUT2D eigenvalue weighted by atomic mass is 10.0. The van der Waals surface area contributed by atoms with Gasteiger partial charge in [0.15, 0.2) is 0 Å². The van der Waals surface area contributed by atoms with Crippen molar-refractivity contribution < 1.29 is 4.42 Å². The summed E-state index contributed by atoms with van der Waals surface area (Å²) >= 11 is 0. The van der Waals surface area contributed by atoms with E-state index in [1.807, 2.05) is 30.3 Å². The van der Waals surface area contributed by atoms with Gasteiger partial charge in [-0.1, -0.05) is 30.3 Å². The lowest BCUT2D eigenvalue weighted by molar-refractivity contribution is 0.568. The highest BCUT2D eigenvalue weighted by molar-refractivity contribution is 5.78. The summed E-state index contributed by atoms with van der Waals surface area (Å²) in [7, 11) is 0. The minimum absolute atomic E-state index is 0.535. The van der Waals surface area contributed by atoms with Gasteiger partial charge in [-0.25, -0.2) is 0 Å². The van der Waals surface area contributed by atoms with E-state index in [4.69, 9.17) is 4.42 Å². The smallest absolute Gasteiger partial charge is 0.208 e. The fraction of sp³-hybridized carbons (Fsp3) is 0. The van der Waals surface area contributed by atoms with E-state index in [1.165, 1.54) is 0 Å². The zero-order valence-corrected chi connectivity index (χ0v) is 8.29. The van der Waals surface area contributed by atoms with E-state index < -0.39 is 0 Å². The number of nitrogens with one attached hydrogen (secondary N) is 1. The number of rotatable bonds is 2. The van der Waals surface area contributed by atoms with Crippen LogP contribution in [0.5, 0.6) is 0 Å². The Morgan fingerprint density at radius 2 is 1.81 bits per heavy atom. The molecule has 5 heteroatoms. The molecule has 1 N–H and O–H groups in total. The number of tetrazole rings is 1. The molecule has 2 aromatic heterocycles. The van der Waals surface area contributed by atoms with Crippen LogP contribution in [0.2, 0.25) is 0 Å². The standard InChI is InChI=1S/C11H8N4O/c1-2-4-8(5-3-1)9-6-16-7-10(9)11-12-14-15-13-11/h1-7H,(H,12,13,14,15). The molecular formula is C11H8N4O. The molecular weight excluding hydrogens is 204 g/mol. The maximum absolute atomic E-state index is 5.20. The van der Waals surface area contributed by atoms with Gasteiger partial charge in [-0.05, 0) is 10.8 Å². The molecule has 0 amide bonds. The molecule has 3 aromatic rings. The fourth-order valence-electron chi connectivity index (χ4n) is 1.59. The Morgan fingerprint density at radius 3 is 2.56 bits per heavy atom. The number of nitrogens with zero attached hydrogens (tertiary/aromatic N) is 3. The van der Waals surface area contributed by atoms with E-state index >= 15 is 0 Å². The van der Waals surface area contributed by atoms with Gasteiger partial charge in [-0.3, -0.25) is 0 Å². The molecule has 78 valence electrons. The summed E-state index contributed by atoms with van der Waals surface area (Å²) in [6.07, 6.45) is 3.30. The van der Waals surface area contributed by atoms with Gasteiger partial charge >= 0.3 is 0 Å². The number of aromatic nitrogens is 4. The Kier molecular flexibility index (Phi) is 2.00. The first kappa shape index (κ1) is 8.84. The van der Waals surface area contributed by atoms with Crippen LogP contribution in [0.1, 0.15) is 0 Å². The topological polar surface area (TPSA) is 67.6 Å². The SMILES string of the molecule is c1ccc(-c2cocc2-c2nn[nH]n2)cc1. The molecule has 0 unspecified atom stereocenters. The second kappa shape index (κ2) is 3.62. The molecule has 0 saturated heterocycles. The largest absolute Gasteiger partial charge is 0.471 e. The molecule has 16 heavy (non-hydrogen) atoms. The van der Waals surface area contributed by atoms with E-state index in [9.17, 15) is 0 Å². The maximum atomic E-state index is 5.20. The highest BCUT2D eigenvalue weighted by Crippen LogP contribution is 2.30. The lowest BCUT2D eigenvalue weighted by Gasteiger charge is -1.98. The van der Waals surface area contributed by atoms with E-state index in [2.05, 4.69) is 20.6 Å². The van der Waals surface area contributed by atoms with Crippen molar-refractivity contribution in [1.29, 1.82) is 0 Å². The summed E-state index contributed by atoms with van der Waals surface area (Å²) in [6.45, 7) is 0. The Morgan fingerprint density at radius 1 is 1.00 bits per heavy atom. The molecule has 2 heterocycles. The maximum Gasteiger partial charge on any atom is 0.208 e. The molecule has 0 aliphatic heterocycles. The minimum atomic E-state index is 0.535. The van der Waals surface area contributed by atoms with Crippen molar-refractivity contribution in [1.82, 2.24) is 20.6 Å². The second-order valence-corrected chi connectivity index (χ2v) is 3.30. The molecule has 0 radical (unpaired) electrons. The second-order valence-electron chi connectivity index (χ2n) is 3.30. The molecule has 1 aromatic carbocycles. The Bertz CT molecular complexity index is 571. The average Bonchev–Trinajstić information content (AvgIpc) is 3.01. The van der Waals surface area contributed by atoms with Crippen LogP contribution in [0.3, 0.4) is 0 Å². The predicted molar refractivity (Wildman–Crippen MR) is 57.3 cm³/mol. The lowest BCUT2D eigenvalue weighted by Crippen LogP contribution is -1.82. The van der Waals surface area contributed by atoms with Crippen LogP contribution in [0.15, 0.2) is 47.3 Å². The Balaban J connectivity index is 2.14. The molecule has 0 atom stereocenters. The van der Waals surface area contributed by atoms with E-state index in [0.29, 0.717) is 5.82 Å². The van der Waals surface area contributed by atoms with Crippen LogP contribution in [0.4, 0.5) is 0 Å². The predicted octanol–water partition coefficient (Wildman–Crippen LogP) is 2.13. The van der Waals surface area contributed by atoms with Crippen LogP contribution in [-0.2, 0) is 0 Å². The first-order valence-corrected chi connectivity index (χ1v) is 4.80. The van der Waals surface area contributed by atoms with Gasteiger partial charge < -0.3 is 4.42 Å². The third-order valence-electron chi connectivity index (χ3n) is 2.33. The van der Waals surface area contributed by atoms with Crippen LogP contribution >= 0.6 is 0 Å². The van der Waals surface area contributed by atoms with Gasteiger partial charge in [-0.15, -0.1) is 10.2 Å². The van der Waals surface area contributed by atoms with Crippen LogP contribution in [0, 0.1) is 0 Å². The molecule has 0 saturated carbocycles. The number of H-pyrrole nitrogens is 1. The van der Waals surface area contributed by atoms with Crippen LogP contribution in [0.25, 0.3) is 22.5 Å². The van der Waals surface area contributed by atoms with Gasteiger partial charge in [0, 0.05) is 5.56 Å². The van der Waals surface area contributed by atoms with Crippen molar-refractivity contribution in [2.24, 2.45) is 0 Å². The molecule has 5 nitrogen and oxygen atoms in total. The quantitative estimate of drug-likeness (QED) is 0.706. The summed E-state index contributed by atoms with van der Waals surface area (Å²) < 4.78 is 5.20. The third kappa shape index (κ3) is 1.38. The molecule has 3 rings (SSSR count). The number of aromatic amines is 1. The molecule has 0 spiro atoms. The van der Waals surface area contributed by atoms with Crippen LogP contribution < -0.4 is 0 Å². The summed E-state index contributed by atoms with van der Waals surface area (Å²) in [5, 5.41) is 13.8. The van der Waals surface area contributed by atoms with Crippen molar-refractivity contribution in [3.63, 3.8) is 0 Å². The molecule has 0 aliphatic rings. The zero-order chi connectivity index (χ0) is 10.8. The van der Waals surface area contributed by atoms with Gasteiger partial charge in [0.1, 0.15) is 6.26 Å². The number of hydrogen-bond donors (Lipinski definition) is 1. The van der Waals surface area contributed by atoms with Crippen molar-refractivity contribution in [2.45, 2.75) is 0 Å². The van der Waals surface area contributed by atoms with Crippen molar-refractivity contribution in [3.05, 3.63) is 42.9 Å². The fourth-order valence-corrected chi connectivity index (χ4v) is 1.59. The number of hydrogen-bond acceptors (Lipinski definition) is 4. The average molecular weight is 212 g/mol. The third-order valence-corrected chi connectivity index (χ3v) is 2.33. The normalized spacial score (nSPS) is 10.5. The Hall–Kier alpha value is -2.43. The van der Waals surface area contributed by atoms with Crippen molar-refractivity contribution >= 4 is 0 Å². The molecule has 0 bridgehead atoms. The van der Waals surface area contributed by atoms with E-state index in [1.54, 1.807) is 12.5 Å². The van der Waals surface area contributed by atoms with E-state index in [-0.39, 0.29) is 0 Å². The summed E-state index contributed by atoms with van der Waals surface area (Å²) in [5.41, 5.74) is 2.86.